The minimum Gasteiger partial charge on any atom is -0.506 e. The summed E-state index contributed by atoms with van der Waals surface area (Å²) in [6, 6.07) is 5.06. The van der Waals surface area contributed by atoms with Crippen LogP contribution in [0.3, 0.4) is 0 Å². The number of halogens is 1. The van der Waals surface area contributed by atoms with E-state index in [0.717, 1.165) is 0 Å². The van der Waals surface area contributed by atoms with Gasteiger partial charge >= 0.3 is 5.97 Å². The number of carbonyl (C=O) groups excluding carboxylic acids is 1. The summed E-state index contributed by atoms with van der Waals surface area (Å²) >= 11 is 3.17. The minimum absolute atomic E-state index is 0.0263. The summed E-state index contributed by atoms with van der Waals surface area (Å²) in [7, 11) is 1.29. The van der Waals surface area contributed by atoms with E-state index in [-0.39, 0.29) is 12.3 Å². The van der Waals surface area contributed by atoms with E-state index >= 15 is 0 Å². The number of phenolic OH excluding ortho intramolecular Hbond substituents is 1. The summed E-state index contributed by atoms with van der Waals surface area (Å²) < 4.78 is 5.14. The van der Waals surface area contributed by atoms with E-state index in [9.17, 15) is 9.90 Å². The summed E-state index contributed by atoms with van der Waals surface area (Å²) in [5.74, 6) is -1.06. The summed E-state index contributed by atoms with van der Waals surface area (Å²) in [5, 5.41) is 9.73. The second kappa shape index (κ2) is 5.14. The number of ether oxygens (including phenoxy) is 1. The molecule has 0 fully saturated rings. The lowest BCUT2D eigenvalue weighted by molar-refractivity contribution is -0.142. The number of methoxy groups -OCH3 is 1. The molecule has 0 radical (unpaired) electrons. The SMILES string of the molecule is COC(=O)C(CN)c1cccc(Br)c1O. The van der Waals surface area contributed by atoms with Crippen molar-refractivity contribution in [2.24, 2.45) is 5.73 Å². The second-order valence-corrected chi connectivity index (χ2v) is 3.84. The van der Waals surface area contributed by atoms with Gasteiger partial charge in [-0.3, -0.25) is 4.79 Å². The highest BCUT2D eigenvalue weighted by Crippen LogP contribution is 2.32. The molecule has 0 amide bonds. The fraction of sp³-hybridized carbons (Fsp3) is 0.300. The molecule has 1 atom stereocenters. The molecule has 0 aliphatic heterocycles. The Morgan fingerprint density at radius 3 is 2.87 bits per heavy atom. The minimum atomic E-state index is -0.632. The molecule has 0 saturated heterocycles. The zero-order chi connectivity index (χ0) is 11.4. The van der Waals surface area contributed by atoms with Gasteiger partial charge in [0.1, 0.15) is 5.75 Å². The molecule has 0 aliphatic rings. The second-order valence-electron chi connectivity index (χ2n) is 2.99. The third-order valence-electron chi connectivity index (χ3n) is 2.11. The van der Waals surface area contributed by atoms with Gasteiger partial charge in [-0.25, -0.2) is 0 Å². The standard InChI is InChI=1S/C10H12BrNO3/c1-15-10(14)7(5-12)6-3-2-4-8(11)9(6)13/h2-4,7,13H,5,12H2,1H3. The molecule has 15 heavy (non-hydrogen) atoms. The van der Waals surface area contributed by atoms with Crippen molar-refractivity contribution in [3.05, 3.63) is 28.2 Å². The van der Waals surface area contributed by atoms with Crippen LogP contribution >= 0.6 is 15.9 Å². The third-order valence-corrected chi connectivity index (χ3v) is 2.75. The van der Waals surface area contributed by atoms with Gasteiger partial charge in [-0.15, -0.1) is 0 Å². The van der Waals surface area contributed by atoms with E-state index in [1.165, 1.54) is 7.11 Å². The van der Waals surface area contributed by atoms with Crippen molar-refractivity contribution >= 4 is 21.9 Å². The number of aromatic hydroxyl groups is 1. The zero-order valence-electron chi connectivity index (χ0n) is 8.24. The van der Waals surface area contributed by atoms with Gasteiger partial charge in [-0.05, 0) is 22.0 Å². The van der Waals surface area contributed by atoms with Crippen LogP contribution in [0, 0.1) is 0 Å². The fourth-order valence-electron chi connectivity index (χ4n) is 1.31. The highest BCUT2D eigenvalue weighted by molar-refractivity contribution is 9.10. The predicted octanol–water partition coefficient (Wildman–Crippen LogP) is 1.37. The highest BCUT2D eigenvalue weighted by atomic mass is 79.9. The van der Waals surface area contributed by atoms with E-state index in [0.29, 0.717) is 10.0 Å². The highest BCUT2D eigenvalue weighted by Gasteiger charge is 2.23. The van der Waals surface area contributed by atoms with Gasteiger partial charge in [0.25, 0.3) is 0 Å². The molecule has 1 unspecified atom stereocenters. The summed E-state index contributed by atoms with van der Waals surface area (Å²) in [5.41, 5.74) is 5.94. The van der Waals surface area contributed by atoms with E-state index in [2.05, 4.69) is 20.7 Å². The Balaban J connectivity index is 3.12. The zero-order valence-corrected chi connectivity index (χ0v) is 9.82. The topological polar surface area (TPSA) is 72.5 Å². The fourth-order valence-corrected chi connectivity index (χ4v) is 1.69. The molecule has 0 aliphatic carbocycles. The quantitative estimate of drug-likeness (QED) is 0.816. The van der Waals surface area contributed by atoms with Gasteiger partial charge < -0.3 is 15.6 Å². The average Bonchev–Trinajstić information content (AvgIpc) is 2.24. The van der Waals surface area contributed by atoms with E-state index in [1.807, 2.05) is 0 Å². The normalized spacial score (nSPS) is 12.2. The summed E-state index contributed by atoms with van der Waals surface area (Å²) in [6.07, 6.45) is 0. The average molecular weight is 274 g/mol. The van der Waals surface area contributed by atoms with Gasteiger partial charge in [-0.1, -0.05) is 12.1 Å². The lowest BCUT2D eigenvalue weighted by atomic mass is 9.98. The number of hydrogen-bond acceptors (Lipinski definition) is 4. The Kier molecular flexibility index (Phi) is 4.11. The molecule has 5 heteroatoms. The van der Waals surface area contributed by atoms with Crippen LogP contribution in [0.15, 0.2) is 22.7 Å². The Hall–Kier alpha value is -1.07. The van der Waals surface area contributed by atoms with Gasteiger partial charge in [-0.2, -0.15) is 0 Å². The molecule has 0 saturated carbocycles. The van der Waals surface area contributed by atoms with Crippen LogP contribution in [0.2, 0.25) is 0 Å². The lowest BCUT2D eigenvalue weighted by Gasteiger charge is -2.14. The van der Waals surface area contributed by atoms with Crippen molar-refractivity contribution in [2.75, 3.05) is 13.7 Å². The van der Waals surface area contributed by atoms with Crippen LogP contribution in [0.1, 0.15) is 11.5 Å². The molecule has 3 N–H and O–H groups in total. The van der Waals surface area contributed by atoms with E-state index in [1.54, 1.807) is 18.2 Å². The van der Waals surface area contributed by atoms with Crippen molar-refractivity contribution in [3.8, 4) is 5.75 Å². The summed E-state index contributed by atoms with van der Waals surface area (Å²) in [6.45, 7) is 0.0939. The number of phenols is 1. The van der Waals surface area contributed by atoms with Crippen LogP contribution in [0.25, 0.3) is 0 Å². The molecular formula is C10H12BrNO3. The molecule has 1 rings (SSSR count). The molecule has 0 spiro atoms. The molecule has 1 aromatic rings. The number of benzene rings is 1. The van der Waals surface area contributed by atoms with Crippen molar-refractivity contribution in [1.29, 1.82) is 0 Å². The van der Waals surface area contributed by atoms with Crippen LogP contribution in [0.4, 0.5) is 0 Å². The molecule has 0 bridgehead atoms. The molecular weight excluding hydrogens is 262 g/mol. The maximum atomic E-state index is 11.4. The van der Waals surface area contributed by atoms with Crippen LogP contribution in [-0.2, 0) is 9.53 Å². The maximum absolute atomic E-state index is 11.4. The lowest BCUT2D eigenvalue weighted by Crippen LogP contribution is -2.22. The van der Waals surface area contributed by atoms with Crippen molar-refractivity contribution in [1.82, 2.24) is 0 Å². The molecule has 4 nitrogen and oxygen atoms in total. The summed E-state index contributed by atoms with van der Waals surface area (Å²) in [4.78, 5) is 11.4. The molecule has 82 valence electrons. The monoisotopic (exact) mass is 273 g/mol. The van der Waals surface area contributed by atoms with E-state index in [4.69, 9.17) is 5.73 Å². The number of esters is 1. The predicted molar refractivity (Wildman–Crippen MR) is 59.6 cm³/mol. The first-order valence-corrected chi connectivity index (χ1v) is 5.16. The van der Waals surface area contributed by atoms with Crippen LogP contribution < -0.4 is 5.73 Å². The van der Waals surface area contributed by atoms with Gasteiger partial charge in [0, 0.05) is 12.1 Å². The van der Waals surface area contributed by atoms with Crippen molar-refractivity contribution in [2.45, 2.75) is 5.92 Å². The Morgan fingerprint density at radius 1 is 1.67 bits per heavy atom. The van der Waals surface area contributed by atoms with E-state index < -0.39 is 11.9 Å². The third kappa shape index (κ3) is 2.49. The van der Waals surface area contributed by atoms with Gasteiger partial charge in [0.05, 0.1) is 17.5 Å². The first kappa shape index (κ1) is 12.0. The number of nitrogens with two attached hydrogens (primary N) is 1. The Morgan fingerprint density at radius 2 is 2.33 bits per heavy atom. The van der Waals surface area contributed by atoms with Crippen molar-refractivity contribution < 1.29 is 14.6 Å². The number of para-hydroxylation sites is 1. The Labute approximate surface area is 96.2 Å². The molecule has 0 aromatic heterocycles. The first-order valence-electron chi connectivity index (χ1n) is 4.37. The number of rotatable bonds is 3. The Bertz CT molecular complexity index is 368. The van der Waals surface area contributed by atoms with Crippen LogP contribution in [0.5, 0.6) is 5.75 Å². The van der Waals surface area contributed by atoms with Gasteiger partial charge in [0.2, 0.25) is 0 Å². The smallest absolute Gasteiger partial charge is 0.314 e. The first-order chi connectivity index (χ1) is 7.11. The largest absolute Gasteiger partial charge is 0.506 e. The van der Waals surface area contributed by atoms with Crippen LogP contribution in [-0.4, -0.2) is 24.7 Å². The number of carbonyl (C=O) groups is 1. The molecule has 0 heterocycles. The van der Waals surface area contributed by atoms with Crippen molar-refractivity contribution in [3.63, 3.8) is 0 Å². The maximum Gasteiger partial charge on any atom is 0.314 e. The number of hydrogen-bond donors (Lipinski definition) is 2. The molecule has 1 aromatic carbocycles. The van der Waals surface area contributed by atoms with Gasteiger partial charge in [0.15, 0.2) is 0 Å².